The summed E-state index contributed by atoms with van der Waals surface area (Å²) in [5.41, 5.74) is -0.378. The second kappa shape index (κ2) is 5.80. The van der Waals surface area contributed by atoms with Crippen molar-refractivity contribution >= 4 is 14.0 Å². The summed E-state index contributed by atoms with van der Waals surface area (Å²) in [7, 11) is -1.33. The molecule has 0 aliphatic heterocycles. The first kappa shape index (κ1) is 17.7. The average Bonchev–Trinajstić information content (AvgIpc) is 2.08. The van der Waals surface area contributed by atoms with E-state index in [1.165, 1.54) is 0 Å². The van der Waals surface area contributed by atoms with Crippen molar-refractivity contribution in [3.8, 4) is 0 Å². The molecule has 0 atom stereocenters. The summed E-state index contributed by atoms with van der Waals surface area (Å²) in [4.78, 5) is 11.8. The van der Waals surface area contributed by atoms with Gasteiger partial charge in [-0.3, -0.25) is 4.79 Å². The summed E-state index contributed by atoms with van der Waals surface area (Å²) in [5.74, 6) is 0.359. The number of hydrogen-bond acceptors (Lipinski definition) is 3. The van der Waals surface area contributed by atoms with Crippen LogP contribution in [0.4, 0.5) is 0 Å². The molecule has 3 nitrogen and oxygen atoms in total. The second-order valence-corrected chi connectivity index (χ2v) is 14.3. The van der Waals surface area contributed by atoms with Crippen LogP contribution in [0.2, 0.25) is 19.6 Å². The Morgan fingerprint density at radius 3 is 2.00 bits per heavy atom. The third-order valence-corrected chi connectivity index (χ3v) is 8.07. The molecule has 0 unspecified atom stereocenters. The van der Waals surface area contributed by atoms with Crippen molar-refractivity contribution in [3.05, 3.63) is 0 Å². The molecule has 20 heavy (non-hydrogen) atoms. The van der Waals surface area contributed by atoms with Crippen molar-refractivity contribution in [2.45, 2.75) is 90.5 Å². The van der Waals surface area contributed by atoms with Gasteiger partial charge < -0.3 is 9.47 Å². The molecule has 1 rings (SSSR count). The van der Waals surface area contributed by atoms with Gasteiger partial charge in [0.25, 0.3) is 0 Å². The molecule has 118 valence electrons. The predicted molar refractivity (Wildman–Crippen MR) is 85.5 cm³/mol. The smallest absolute Gasteiger partial charge is 0.306 e. The van der Waals surface area contributed by atoms with Crippen LogP contribution in [-0.4, -0.2) is 31.0 Å². The Morgan fingerprint density at radius 2 is 1.60 bits per heavy atom. The minimum absolute atomic E-state index is 0.00540. The van der Waals surface area contributed by atoms with E-state index in [0.717, 1.165) is 12.8 Å². The molecule has 0 N–H and O–H groups in total. The lowest BCUT2D eigenvalue weighted by Crippen LogP contribution is -2.53. The third kappa shape index (κ3) is 5.21. The van der Waals surface area contributed by atoms with E-state index < -0.39 is 8.07 Å². The molecular formula is C16H32O3Si. The first-order valence-corrected chi connectivity index (χ1v) is 11.2. The first-order chi connectivity index (χ1) is 8.80. The Labute approximate surface area is 125 Å². The van der Waals surface area contributed by atoms with Crippen LogP contribution in [-0.2, 0) is 14.3 Å². The van der Waals surface area contributed by atoms with Crippen LogP contribution >= 0.6 is 0 Å². The van der Waals surface area contributed by atoms with E-state index in [0.29, 0.717) is 18.4 Å². The number of carbonyl (C=O) groups excluding carboxylic acids is 1. The SMILES string of the molecule is CC(C)(C)OC(=O)CC1CC(OC(C)(C)[Si](C)(C)C)C1. The molecule has 1 fully saturated rings. The molecule has 0 aromatic carbocycles. The van der Waals surface area contributed by atoms with Gasteiger partial charge in [-0.2, -0.15) is 0 Å². The van der Waals surface area contributed by atoms with Gasteiger partial charge in [-0.25, -0.2) is 0 Å². The highest BCUT2D eigenvalue weighted by Crippen LogP contribution is 2.38. The molecule has 1 saturated carbocycles. The summed E-state index contributed by atoms with van der Waals surface area (Å²) in [6.45, 7) is 17.2. The van der Waals surface area contributed by atoms with E-state index in [1.54, 1.807) is 0 Å². The van der Waals surface area contributed by atoms with Crippen molar-refractivity contribution in [1.82, 2.24) is 0 Å². The van der Waals surface area contributed by atoms with E-state index >= 15 is 0 Å². The summed E-state index contributed by atoms with van der Waals surface area (Å²) < 4.78 is 11.6. The van der Waals surface area contributed by atoms with Gasteiger partial charge in [-0.1, -0.05) is 19.6 Å². The fourth-order valence-corrected chi connectivity index (χ4v) is 2.67. The number of carbonyl (C=O) groups is 1. The van der Waals surface area contributed by atoms with Gasteiger partial charge in [0.1, 0.15) is 5.60 Å². The maximum absolute atomic E-state index is 11.8. The molecule has 0 bridgehead atoms. The average molecular weight is 301 g/mol. The normalized spacial score (nSPS) is 24.2. The Bertz CT molecular complexity index is 344. The molecule has 0 heterocycles. The van der Waals surface area contributed by atoms with E-state index in [2.05, 4.69) is 33.5 Å². The highest BCUT2D eigenvalue weighted by molar-refractivity contribution is 6.78. The molecule has 0 aromatic heterocycles. The number of rotatable bonds is 5. The van der Waals surface area contributed by atoms with Gasteiger partial charge >= 0.3 is 5.97 Å². The Hall–Kier alpha value is -0.353. The van der Waals surface area contributed by atoms with E-state index in [-0.39, 0.29) is 16.8 Å². The van der Waals surface area contributed by atoms with Crippen LogP contribution in [0.15, 0.2) is 0 Å². The van der Waals surface area contributed by atoms with Crippen molar-refractivity contribution in [1.29, 1.82) is 0 Å². The minimum Gasteiger partial charge on any atom is -0.460 e. The maximum Gasteiger partial charge on any atom is 0.306 e. The molecule has 0 spiro atoms. The number of hydrogen-bond donors (Lipinski definition) is 0. The molecule has 4 heteroatoms. The van der Waals surface area contributed by atoms with Gasteiger partial charge in [0.15, 0.2) is 0 Å². The van der Waals surface area contributed by atoms with Crippen LogP contribution < -0.4 is 0 Å². The van der Waals surface area contributed by atoms with Crippen LogP contribution in [0.3, 0.4) is 0 Å². The molecule has 0 amide bonds. The van der Waals surface area contributed by atoms with Crippen molar-refractivity contribution in [2.75, 3.05) is 0 Å². The van der Waals surface area contributed by atoms with Gasteiger partial charge in [0, 0.05) is 6.42 Å². The topological polar surface area (TPSA) is 35.5 Å². The molecular weight excluding hydrogens is 268 g/mol. The van der Waals surface area contributed by atoms with Crippen molar-refractivity contribution < 1.29 is 14.3 Å². The quantitative estimate of drug-likeness (QED) is 0.564. The third-order valence-electron chi connectivity index (χ3n) is 4.34. The molecule has 0 saturated heterocycles. The number of ether oxygens (including phenoxy) is 2. The van der Waals surface area contributed by atoms with E-state index in [1.807, 2.05) is 20.8 Å². The lowest BCUT2D eigenvalue weighted by molar-refractivity contribution is -0.159. The standard InChI is InChI=1S/C16H32O3Si/c1-15(2,3)19-14(17)11-12-9-13(10-12)18-16(4,5)20(6,7)8/h12-13H,9-11H2,1-8H3. The molecule has 0 radical (unpaired) electrons. The fourth-order valence-electron chi connectivity index (χ4n) is 2.15. The summed E-state index contributed by atoms with van der Waals surface area (Å²) in [6.07, 6.45) is 2.84. The van der Waals surface area contributed by atoms with Gasteiger partial charge in [0.2, 0.25) is 0 Å². The van der Waals surface area contributed by atoms with Gasteiger partial charge in [0.05, 0.1) is 19.4 Å². The monoisotopic (exact) mass is 300 g/mol. The van der Waals surface area contributed by atoms with Gasteiger partial charge in [-0.15, -0.1) is 0 Å². The van der Waals surface area contributed by atoms with Gasteiger partial charge in [-0.05, 0) is 53.4 Å². The molecule has 1 aliphatic rings. The zero-order valence-electron chi connectivity index (χ0n) is 14.5. The number of esters is 1. The lowest BCUT2D eigenvalue weighted by Gasteiger charge is -2.45. The summed E-state index contributed by atoms with van der Waals surface area (Å²) >= 11 is 0. The van der Waals surface area contributed by atoms with Crippen LogP contribution in [0.25, 0.3) is 0 Å². The molecule has 0 aromatic rings. The Kier molecular flexibility index (Phi) is 5.13. The summed E-state index contributed by atoms with van der Waals surface area (Å²) in [6, 6.07) is 0. The highest BCUT2D eigenvalue weighted by atomic mass is 28.3. The highest BCUT2D eigenvalue weighted by Gasteiger charge is 2.41. The predicted octanol–water partition coefficient (Wildman–Crippen LogP) is 4.17. The Morgan fingerprint density at radius 1 is 1.10 bits per heavy atom. The summed E-state index contributed by atoms with van der Waals surface area (Å²) in [5, 5.41) is -0.00540. The fraction of sp³-hybridized carbons (Fsp3) is 0.938. The lowest BCUT2D eigenvalue weighted by atomic mass is 9.80. The van der Waals surface area contributed by atoms with Crippen LogP contribution in [0, 0.1) is 5.92 Å². The maximum atomic E-state index is 11.8. The zero-order chi connectivity index (χ0) is 15.8. The van der Waals surface area contributed by atoms with Crippen LogP contribution in [0.5, 0.6) is 0 Å². The van der Waals surface area contributed by atoms with E-state index in [4.69, 9.17) is 9.47 Å². The zero-order valence-corrected chi connectivity index (χ0v) is 15.5. The van der Waals surface area contributed by atoms with E-state index in [9.17, 15) is 4.79 Å². The Balaban J connectivity index is 2.32. The second-order valence-electron chi connectivity index (χ2n) is 8.63. The van der Waals surface area contributed by atoms with Crippen molar-refractivity contribution in [2.24, 2.45) is 5.92 Å². The molecule has 1 aliphatic carbocycles. The van der Waals surface area contributed by atoms with Crippen molar-refractivity contribution in [3.63, 3.8) is 0 Å². The van der Waals surface area contributed by atoms with Crippen LogP contribution in [0.1, 0.15) is 53.9 Å². The first-order valence-electron chi connectivity index (χ1n) is 7.70. The largest absolute Gasteiger partial charge is 0.460 e. The minimum atomic E-state index is -1.33.